The predicted octanol–water partition coefficient (Wildman–Crippen LogP) is 1.93. The highest BCUT2D eigenvalue weighted by molar-refractivity contribution is 5.16. The van der Waals surface area contributed by atoms with Crippen LogP contribution < -0.4 is 5.32 Å². The first kappa shape index (κ1) is 10.1. The summed E-state index contributed by atoms with van der Waals surface area (Å²) in [6.07, 6.45) is -0.573. The zero-order valence-electron chi connectivity index (χ0n) is 7.56. The number of alkyl halides is 1. The van der Waals surface area contributed by atoms with E-state index < -0.39 is 6.17 Å². The topological polar surface area (TPSA) is 12.0 Å². The average Bonchev–Trinajstić information content (AvgIpc) is 2.09. The summed E-state index contributed by atoms with van der Waals surface area (Å²) in [6, 6.07) is 5.91. The molecule has 13 heavy (non-hydrogen) atoms. The highest BCUT2D eigenvalue weighted by Gasteiger charge is 2.05. The summed E-state index contributed by atoms with van der Waals surface area (Å²) < 4.78 is 25.5. The Bertz CT molecular complexity index is 246. The molecule has 0 aliphatic carbocycles. The van der Waals surface area contributed by atoms with E-state index in [4.69, 9.17) is 0 Å². The maximum absolute atomic E-state index is 13.0. The molecule has 0 radical (unpaired) electrons. The Morgan fingerprint density at radius 3 is 2.46 bits per heavy atom. The Labute approximate surface area is 76.8 Å². The first-order valence-electron chi connectivity index (χ1n) is 4.25. The lowest BCUT2D eigenvalue weighted by Crippen LogP contribution is -2.21. The second kappa shape index (κ2) is 4.92. The van der Waals surface area contributed by atoms with E-state index in [1.54, 1.807) is 19.2 Å². The second-order valence-corrected chi connectivity index (χ2v) is 2.99. The molecular weight excluding hydrogens is 172 g/mol. The van der Waals surface area contributed by atoms with Gasteiger partial charge in [0.1, 0.15) is 12.0 Å². The molecule has 1 aromatic rings. The van der Waals surface area contributed by atoms with Crippen molar-refractivity contribution in [3.63, 3.8) is 0 Å². The fourth-order valence-electron chi connectivity index (χ4n) is 1.17. The molecule has 1 N–H and O–H groups in total. The van der Waals surface area contributed by atoms with Crippen LogP contribution >= 0.6 is 0 Å². The molecule has 0 spiro atoms. The number of hydrogen-bond donors (Lipinski definition) is 1. The molecule has 0 aromatic heterocycles. The van der Waals surface area contributed by atoms with Gasteiger partial charge in [0.25, 0.3) is 0 Å². The number of hydrogen-bond acceptors (Lipinski definition) is 1. The summed E-state index contributed by atoms with van der Waals surface area (Å²) in [5, 5.41) is 2.75. The van der Waals surface area contributed by atoms with Gasteiger partial charge in [0.05, 0.1) is 0 Å². The summed E-state index contributed by atoms with van der Waals surface area (Å²) in [5.41, 5.74) is 0.823. The van der Waals surface area contributed by atoms with Crippen molar-refractivity contribution in [1.82, 2.24) is 5.32 Å². The van der Waals surface area contributed by atoms with Crippen molar-refractivity contribution in [3.05, 3.63) is 35.6 Å². The average molecular weight is 185 g/mol. The molecule has 0 aliphatic heterocycles. The van der Waals surface area contributed by atoms with Crippen LogP contribution in [0.15, 0.2) is 24.3 Å². The quantitative estimate of drug-likeness (QED) is 0.755. The van der Waals surface area contributed by atoms with Crippen molar-refractivity contribution < 1.29 is 8.78 Å². The molecule has 1 rings (SSSR count). The van der Waals surface area contributed by atoms with Gasteiger partial charge in [-0.05, 0) is 24.7 Å². The standard InChI is InChI=1S/C10H13F2N/c1-13-7-10(12)6-8-2-4-9(11)5-3-8/h2-5,10,13H,6-7H2,1H3. The van der Waals surface area contributed by atoms with Crippen molar-refractivity contribution in [2.45, 2.75) is 12.6 Å². The van der Waals surface area contributed by atoms with Crippen molar-refractivity contribution in [2.75, 3.05) is 13.6 Å². The molecule has 1 aromatic carbocycles. The first-order valence-corrected chi connectivity index (χ1v) is 4.25. The van der Waals surface area contributed by atoms with Gasteiger partial charge in [-0.1, -0.05) is 12.1 Å². The maximum atomic E-state index is 13.0. The van der Waals surface area contributed by atoms with E-state index in [-0.39, 0.29) is 5.82 Å². The zero-order valence-corrected chi connectivity index (χ0v) is 7.56. The highest BCUT2D eigenvalue weighted by atomic mass is 19.1. The summed E-state index contributed by atoms with van der Waals surface area (Å²) in [5.74, 6) is -0.284. The fraction of sp³-hybridized carbons (Fsp3) is 0.400. The smallest absolute Gasteiger partial charge is 0.123 e. The molecule has 1 nitrogen and oxygen atoms in total. The SMILES string of the molecule is CNCC(F)Cc1ccc(F)cc1. The molecule has 0 saturated heterocycles. The number of benzene rings is 1. The van der Waals surface area contributed by atoms with E-state index in [0.29, 0.717) is 13.0 Å². The van der Waals surface area contributed by atoms with Crippen LogP contribution in [-0.2, 0) is 6.42 Å². The second-order valence-electron chi connectivity index (χ2n) is 2.99. The van der Waals surface area contributed by atoms with E-state index in [2.05, 4.69) is 5.32 Å². The molecule has 0 aliphatic rings. The van der Waals surface area contributed by atoms with Crippen LogP contribution in [0.25, 0.3) is 0 Å². The molecule has 0 heterocycles. The summed E-state index contributed by atoms with van der Waals surface area (Å²) >= 11 is 0. The van der Waals surface area contributed by atoms with Crippen molar-refractivity contribution >= 4 is 0 Å². The Morgan fingerprint density at radius 1 is 1.31 bits per heavy atom. The van der Waals surface area contributed by atoms with E-state index in [0.717, 1.165) is 5.56 Å². The lowest BCUT2D eigenvalue weighted by atomic mass is 10.1. The van der Waals surface area contributed by atoms with Gasteiger partial charge in [0.15, 0.2) is 0 Å². The molecular formula is C10H13F2N. The molecule has 72 valence electrons. The summed E-state index contributed by atoms with van der Waals surface area (Å²) in [7, 11) is 1.71. The van der Waals surface area contributed by atoms with Crippen LogP contribution in [0.1, 0.15) is 5.56 Å². The highest BCUT2D eigenvalue weighted by Crippen LogP contribution is 2.07. The minimum absolute atomic E-state index is 0.284. The van der Waals surface area contributed by atoms with Gasteiger partial charge in [-0.3, -0.25) is 0 Å². The van der Waals surface area contributed by atoms with Crippen LogP contribution in [0.5, 0.6) is 0 Å². The number of nitrogens with one attached hydrogen (secondary N) is 1. The van der Waals surface area contributed by atoms with E-state index >= 15 is 0 Å². The third-order valence-electron chi connectivity index (χ3n) is 1.80. The minimum atomic E-state index is -0.907. The Kier molecular flexibility index (Phi) is 3.83. The van der Waals surface area contributed by atoms with Crippen molar-refractivity contribution in [3.8, 4) is 0 Å². The molecule has 0 fully saturated rings. The van der Waals surface area contributed by atoms with Gasteiger partial charge in [-0.15, -0.1) is 0 Å². The van der Waals surface area contributed by atoms with E-state index in [9.17, 15) is 8.78 Å². The van der Waals surface area contributed by atoms with Crippen LogP contribution in [0.2, 0.25) is 0 Å². The molecule has 0 bridgehead atoms. The third-order valence-corrected chi connectivity index (χ3v) is 1.80. The largest absolute Gasteiger partial charge is 0.317 e. The number of rotatable bonds is 4. The molecule has 0 saturated carbocycles. The van der Waals surface area contributed by atoms with Crippen molar-refractivity contribution in [1.29, 1.82) is 0 Å². The molecule has 1 atom stereocenters. The van der Waals surface area contributed by atoms with Crippen LogP contribution in [0.3, 0.4) is 0 Å². The van der Waals surface area contributed by atoms with Gasteiger partial charge in [0, 0.05) is 13.0 Å². The normalized spacial score (nSPS) is 12.8. The first-order chi connectivity index (χ1) is 6.22. The minimum Gasteiger partial charge on any atom is -0.317 e. The Balaban J connectivity index is 2.49. The van der Waals surface area contributed by atoms with Gasteiger partial charge in [-0.2, -0.15) is 0 Å². The Hall–Kier alpha value is -0.960. The van der Waals surface area contributed by atoms with E-state index in [1.807, 2.05) is 0 Å². The predicted molar refractivity (Wildman–Crippen MR) is 48.9 cm³/mol. The summed E-state index contributed by atoms with van der Waals surface area (Å²) in [4.78, 5) is 0. The fourth-order valence-corrected chi connectivity index (χ4v) is 1.17. The maximum Gasteiger partial charge on any atom is 0.123 e. The van der Waals surface area contributed by atoms with Gasteiger partial charge in [-0.25, -0.2) is 8.78 Å². The Morgan fingerprint density at radius 2 is 1.92 bits per heavy atom. The monoisotopic (exact) mass is 185 g/mol. The zero-order chi connectivity index (χ0) is 9.68. The number of halogens is 2. The van der Waals surface area contributed by atoms with Gasteiger partial charge in [0.2, 0.25) is 0 Å². The van der Waals surface area contributed by atoms with Gasteiger partial charge >= 0.3 is 0 Å². The lowest BCUT2D eigenvalue weighted by molar-refractivity contribution is 0.324. The molecule has 1 unspecified atom stereocenters. The van der Waals surface area contributed by atoms with Crippen LogP contribution in [-0.4, -0.2) is 19.8 Å². The van der Waals surface area contributed by atoms with E-state index in [1.165, 1.54) is 12.1 Å². The third kappa shape index (κ3) is 3.51. The summed E-state index contributed by atoms with van der Waals surface area (Å²) in [6.45, 7) is 0.331. The lowest BCUT2D eigenvalue weighted by Gasteiger charge is -2.06. The van der Waals surface area contributed by atoms with Crippen LogP contribution in [0, 0.1) is 5.82 Å². The molecule has 3 heteroatoms. The van der Waals surface area contributed by atoms with Crippen LogP contribution in [0.4, 0.5) is 8.78 Å². The van der Waals surface area contributed by atoms with Crippen molar-refractivity contribution in [2.24, 2.45) is 0 Å². The van der Waals surface area contributed by atoms with Gasteiger partial charge < -0.3 is 5.32 Å². The molecule has 0 amide bonds.